The van der Waals surface area contributed by atoms with E-state index in [1.807, 2.05) is 184 Å². The zero-order valence-corrected chi connectivity index (χ0v) is 51.0. The lowest BCUT2D eigenvalue weighted by molar-refractivity contribution is 0.611. The fourth-order valence-electron chi connectivity index (χ4n) is 13.4. The van der Waals surface area contributed by atoms with E-state index in [4.69, 9.17) is 89.8 Å². The molecule has 1 aliphatic heterocycles. The lowest BCUT2D eigenvalue weighted by Crippen LogP contribution is -2.17. The smallest absolute Gasteiger partial charge is 0.0815 e. The Morgan fingerprint density at radius 3 is 0.356 bits per heavy atom. The first-order valence-electron chi connectivity index (χ1n) is 32.7. The molecule has 0 N–H and O–H groups in total. The summed E-state index contributed by atoms with van der Waals surface area (Å²) in [6.07, 6.45) is 40.8. The molecule has 18 nitrogen and oxygen atoms in total. The van der Waals surface area contributed by atoms with Crippen molar-refractivity contribution in [2.75, 3.05) is 0 Å². The second-order valence-corrected chi connectivity index (χ2v) is 24.7. The van der Waals surface area contributed by atoms with Gasteiger partial charge >= 0.3 is 0 Å². The van der Waals surface area contributed by atoms with Crippen molar-refractivity contribution in [2.24, 2.45) is 59.9 Å². The van der Waals surface area contributed by atoms with Gasteiger partial charge in [-0.3, -0.25) is 59.9 Å². The van der Waals surface area contributed by atoms with Gasteiger partial charge < -0.3 is 0 Å². The van der Waals surface area contributed by atoms with E-state index in [1.54, 1.807) is 0 Å². The van der Waals surface area contributed by atoms with Gasteiger partial charge in [0.1, 0.15) is 0 Å². The molecule has 6 saturated carbocycles. The molecule has 0 radical (unpaired) electrons. The van der Waals surface area contributed by atoms with Crippen LogP contribution >= 0.6 is 0 Å². The Labute approximate surface area is 527 Å². The standard InChI is InChI=1S/C72H78N18/c1-13-49-37-73-61-25-7-27-63(61)75-39-51-15-2-17-53(86-51)41-77-65-29-9-31-67(65)79-43-55-19-4-21-57(88-55)45-81-69-33-11-35-71(69)83-47-59-23-6-24-60(90-59)48-84-72-36-12-34-70(72)82-46-58-22-5-20-56(89-58)44-80-68-32-10-30-66(68)78-42-54-18-3-16-52(87-54)40-76-64-28-8-26-62(64)74-38-50(14-1)85-49/h1-6,13-24,37-48,61-72H,7-12,25-36H2/t61-,62+,63-,64+,65+,66-,67+,68-,69-,70+,71-,72+. The van der Waals surface area contributed by atoms with Crippen molar-refractivity contribution < 1.29 is 0 Å². The third kappa shape index (κ3) is 16.4. The lowest BCUT2D eigenvalue weighted by atomic mass is 10.2. The number of nitrogens with zero attached hydrogens (tertiary/aromatic N) is 18. The van der Waals surface area contributed by atoms with Crippen molar-refractivity contribution in [3.63, 3.8) is 0 Å². The van der Waals surface area contributed by atoms with Crippen LogP contribution in [0.4, 0.5) is 0 Å². The third-order valence-electron chi connectivity index (χ3n) is 18.2. The minimum Gasteiger partial charge on any atom is -0.285 e. The van der Waals surface area contributed by atoms with Gasteiger partial charge in [0.15, 0.2) is 0 Å². The van der Waals surface area contributed by atoms with E-state index in [0.717, 1.165) is 184 Å². The van der Waals surface area contributed by atoms with Crippen LogP contribution in [0, 0.1) is 0 Å². The summed E-state index contributed by atoms with van der Waals surface area (Å²) in [5.74, 6) is 0. The van der Waals surface area contributed by atoms with Crippen molar-refractivity contribution in [3.05, 3.63) is 178 Å². The SMILES string of the molecule is C1=N[C@H]2CCC[C@@H]2N=Cc2cccc(n2)C=N[C@@H]2CCC[C@H]2N=Cc2cccc(n2)C=N[C@H]2CCC[C@@H]2N=Cc2cccc(n2)C=N[C@@H]2CCC[C@H]2N=Cc2cccc(n2)C=N[C@H]2CCC[C@@H]2N=Cc2cccc(n2)C=N[C@@H]2CCC[C@H]2N=Cc2cccc1n2. The van der Waals surface area contributed by atoms with Crippen LogP contribution in [-0.4, -0.2) is 177 Å². The van der Waals surface area contributed by atoms with Crippen molar-refractivity contribution in [1.29, 1.82) is 0 Å². The topological polar surface area (TPSA) is 226 Å². The number of rotatable bonds is 0. The maximum atomic E-state index is 5.03. The van der Waals surface area contributed by atoms with Crippen molar-refractivity contribution in [1.82, 2.24) is 29.9 Å². The van der Waals surface area contributed by atoms with Crippen molar-refractivity contribution in [3.8, 4) is 0 Å². The van der Waals surface area contributed by atoms with E-state index >= 15 is 0 Å². The summed E-state index contributed by atoms with van der Waals surface area (Å²) >= 11 is 0. The maximum Gasteiger partial charge on any atom is 0.0815 e. The highest BCUT2D eigenvalue weighted by molar-refractivity contribution is 5.86. The molecule has 0 aromatic carbocycles. The fraction of sp³-hybridized carbons (Fsp3) is 0.417. The van der Waals surface area contributed by atoms with Gasteiger partial charge in [0.25, 0.3) is 0 Å². The van der Waals surface area contributed by atoms with Gasteiger partial charge in [-0.2, -0.15) is 0 Å². The zero-order valence-electron chi connectivity index (χ0n) is 51.0. The molecular formula is C72H78N18. The predicted octanol–water partition coefficient (Wildman–Crippen LogP) is 11.1. The molecule has 7 heterocycles. The van der Waals surface area contributed by atoms with Gasteiger partial charge in [0.05, 0.1) is 141 Å². The summed E-state index contributed by atoms with van der Waals surface area (Å²) < 4.78 is 0. The minimum atomic E-state index is 0.0689. The normalized spacial score (nSPS) is 28.0. The number of hydrogen-bond acceptors (Lipinski definition) is 18. The van der Waals surface area contributed by atoms with Gasteiger partial charge in [0.2, 0.25) is 0 Å². The highest BCUT2D eigenvalue weighted by Crippen LogP contribution is 2.30. The number of hydrogen-bond donors (Lipinski definition) is 0. The summed E-state index contributed by atoms with van der Waals surface area (Å²) in [6.45, 7) is 0. The van der Waals surface area contributed by atoms with Crippen LogP contribution in [0.3, 0.4) is 0 Å². The van der Waals surface area contributed by atoms with Crippen LogP contribution in [0.1, 0.15) is 184 Å². The van der Waals surface area contributed by atoms with E-state index in [2.05, 4.69) is 0 Å². The molecule has 0 amide bonds. The number of aromatic nitrogens is 6. The molecular weight excluding hydrogens is 1120 g/mol. The van der Waals surface area contributed by atoms with E-state index in [9.17, 15) is 0 Å². The first-order valence-corrected chi connectivity index (χ1v) is 32.7. The van der Waals surface area contributed by atoms with Crippen LogP contribution < -0.4 is 0 Å². The second-order valence-electron chi connectivity index (χ2n) is 24.7. The molecule has 6 fully saturated rings. The Morgan fingerprint density at radius 2 is 0.256 bits per heavy atom. The first-order chi connectivity index (χ1) is 44.5. The second kappa shape index (κ2) is 30.0. The summed E-state index contributed by atoms with van der Waals surface area (Å²) in [4.78, 5) is 89.7. The molecule has 0 saturated heterocycles. The molecule has 6 aromatic heterocycles. The first kappa shape index (κ1) is 59.9. The fourth-order valence-corrected chi connectivity index (χ4v) is 13.4. The summed E-state index contributed by atoms with van der Waals surface area (Å²) in [7, 11) is 0. The quantitative estimate of drug-likeness (QED) is 0.144. The largest absolute Gasteiger partial charge is 0.285 e. The number of fused-ring (bicyclic) bond motifs is 18. The van der Waals surface area contributed by atoms with E-state index in [1.165, 1.54) is 0 Å². The zero-order chi connectivity index (χ0) is 60.5. The molecule has 6 aliphatic carbocycles. The van der Waals surface area contributed by atoms with Gasteiger partial charge in [0, 0.05) is 74.6 Å². The van der Waals surface area contributed by atoms with Crippen LogP contribution in [0.5, 0.6) is 0 Å². The molecule has 18 heteroatoms. The Bertz CT molecular complexity index is 2960. The number of pyridine rings is 6. The predicted molar refractivity (Wildman–Crippen MR) is 365 cm³/mol. The Kier molecular flexibility index (Phi) is 19.9. The average molecular weight is 1200 g/mol. The molecule has 6 aromatic rings. The molecule has 12 atom stereocenters. The van der Waals surface area contributed by atoms with Crippen molar-refractivity contribution in [2.45, 2.75) is 188 Å². The van der Waals surface area contributed by atoms with Gasteiger partial charge in [-0.05, 0) is 188 Å². The summed E-state index contributed by atoms with van der Waals surface area (Å²) in [5.41, 5.74) is 9.61. The third-order valence-corrected chi connectivity index (χ3v) is 18.2. The van der Waals surface area contributed by atoms with Crippen molar-refractivity contribution >= 4 is 74.6 Å². The highest BCUT2D eigenvalue weighted by Gasteiger charge is 2.30. The van der Waals surface area contributed by atoms with Crippen LogP contribution in [-0.2, 0) is 0 Å². The van der Waals surface area contributed by atoms with Gasteiger partial charge in [-0.15, -0.1) is 0 Å². The van der Waals surface area contributed by atoms with Crippen LogP contribution in [0.2, 0.25) is 0 Å². The van der Waals surface area contributed by atoms with E-state index in [-0.39, 0.29) is 72.5 Å². The summed E-state index contributed by atoms with van der Waals surface area (Å²) in [6, 6.07) is 36.8. The minimum absolute atomic E-state index is 0.0689. The Morgan fingerprint density at radius 1 is 0.156 bits per heavy atom. The maximum absolute atomic E-state index is 5.03. The highest BCUT2D eigenvalue weighted by atomic mass is 15.0. The Hall–Kier alpha value is -9.06. The molecule has 12 bridgehead atoms. The molecule has 7 aliphatic rings. The number of aliphatic imine (C=N–C) groups is 12. The van der Waals surface area contributed by atoms with E-state index < -0.39 is 0 Å². The summed E-state index contributed by atoms with van der Waals surface area (Å²) in [5, 5.41) is 0. The molecule has 13 rings (SSSR count). The van der Waals surface area contributed by atoms with E-state index in [0.29, 0.717) is 0 Å². The monoisotopic (exact) mass is 1190 g/mol. The molecule has 90 heavy (non-hydrogen) atoms. The lowest BCUT2D eigenvalue weighted by Gasteiger charge is -2.12. The molecule has 0 spiro atoms. The Balaban J connectivity index is 0.708. The molecule has 0 unspecified atom stereocenters. The van der Waals surface area contributed by atoms with Gasteiger partial charge in [-0.1, -0.05) is 36.4 Å². The van der Waals surface area contributed by atoms with Crippen LogP contribution in [0.15, 0.2) is 169 Å². The average Bonchev–Trinajstić information content (AvgIpc) is 4.65. The van der Waals surface area contributed by atoms with Gasteiger partial charge in [-0.25, -0.2) is 29.9 Å². The molecule has 456 valence electrons. The van der Waals surface area contributed by atoms with Crippen LogP contribution in [0.25, 0.3) is 0 Å².